The maximum absolute atomic E-state index is 11.1. The Labute approximate surface area is 86.5 Å². The molecule has 14 heavy (non-hydrogen) atoms. The van der Waals surface area contributed by atoms with E-state index in [1.165, 1.54) is 0 Å². The Bertz CT molecular complexity index is 378. The molecule has 0 spiro atoms. The van der Waals surface area contributed by atoms with Crippen molar-refractivity contribution >= 4 is 23.4 Å². The highest BCUT2D eigenvalue weighted by Crippen LogP contribution is 2.33. The first-order valence-electron chi connectivity index (χ1n) is 4.48. The molecule has 3 nitrogen and oxygen atoms in total. The van der Waals surface area contributed by atoms with Crippen molar-refractivity contribution in [2.75, 3.05) is 11.1 Å². The topological polar surface area (TPSA) is 49.3 Å². The number of hydrogen-bond donors (Lipinski definition) is 2. The van der Waals surface area contributed by atoms with Crippen LogP contribution < -0.4 is 5.32 Å². The highest BCUT2D eigenvalue weighted by Gasteiger charge is 2.28. The summed E-state index contributed by atoms with van der Waals surface area (Å²) in [5.41, 5.74) is 1.41. The number of anilines is 1. The van der Waals surface area contributed by atoms with Crippen LogP contribution in [0.5, 0.6) is 0 Å². The first-order valence-corrected chi connectivity index (χ1v) is 5.46. The van der Waals surface area contributed by atoms with E-state index in [0.717, 1.165) is 16.3 Å². The summed E-state index contributed by atoms with van der Waals surface area (Å²) in [5, 5.41) is 12.1. The van der Waals surface area contributed by atoms with E-state index >= 15 is 0 Å². The molecule has 1 amide bonds. The molecule has 0 bridgehead atoms. The van der Waals surface area contributed by atoms with Crippen LogP contribution >= 0.6 is 11.8 Å². The average molecular weight is 209 g/mol. The fourth-order valence-electron chi connectivity index (χ4n) is 1.48. The van der Waals surface area contributed by atoms with Crippen molar-refractivity contribution in [2.24, 2.45) is 0 Å². The molecule has 1 heterocycles. The van der Waals surface area contributed by atoms with Crippen LogP contribution in [0, 0.1) is 0 Å². The van der Waals surface area contributed by atoms with E-state index in [1.807, 2.05) is 12.1 Å². The van der Waals surface area contributed by atoms with Gasteiger partial charge in [0.15, 0.2) is 6.10 Å². The van der Waals surface area contributed by atoms with Crippen LogP contribution in [0.15, 0.2) is 23.1 Å². The van der Waals surface area contributed by atoms with Gasteiger partial charge in [0.1, 0.15) is 0 Å². The zero-order valence-electron chi connectivity index (χ0n) is 7.78. The van der Waals surface area contributed by atoms with Crippen LogP contribution in [0.1, 0.15) is 18.6 Å². The van der Waals surface area contributed by atoms with Crippen molar-refractivity contribution < 1.29 is 9.90 Å². The number of hydrogen-bond acceptors (Lipinski definition) is 3. The summed E-state index contributed by atoms with van der Waals surface area (Å²) in [7, 11) is 0. The van der Waals surface area contributed by atoms with E-state index in [1.54, 1.807) is 17.8 Å². The second-order valence-electron chi connectivity index (χ2n) is 3.07. The fraction of sp³-hybridized carbons (Fsp3) is 0.300. The van der Waals surface area contributed by atoms with Gasteiger partial charge in [0, 0.05) is 16.1 Å². The van der Waals surface area contributed by atoms with Crippen molar-refractivity contribution in [3.8, 4) is 0 Å². The number of fused-ring (bicyclic) bond motifs is 1. The summed E-state index contributed by atoms with van der Waals surface area (Å²) >= 11 is 1.71. The molecule has 74 valence electrons. The van der Waals surface area contributed by atoms with E-state index in [0.29, 0.717) is 5.56 Å². The highest BCUT2D eigenvalue weighted by atomic mass is 32.2. The van der Waals surface area contributed by atoms with Crippen LogP contribution in [-0.4, -0.2) is 16.8 Å². The van der Waals surface area contributed by atoms with Gasteiger partial charge >= 0.3 is 0 Å². The Morgan fingerprint density at radius 2 is 2.36 bits per heavy atom. The van der Waals surface area contributed by atoms with Crippen molar-refractivity contribution in [1.82, 2.24) is 0 Å². The summed E-state index contributed by atoms with van der Waals surface area (Å²) in [6.45, 7) is 2.07. The molecule has 2 rings (SSSR count). The molecule has 0 saturated heterocycles. The number of aliphatic hydroxyl groups is 1. The number of thioether (sulfide) groups is 1. The number of rotatable bonds is 2. The number of benzene rings is 1. The van der Waals surface area contributed by atoms with Crippen LogP contribution in [-0.2, 0) is 4.79 Å². The first-order chi connectivity index (χ1) is 6.72. The number of amides is 1. The number of nitrogens with one attached hydrogen (secondary N) is 1. The van der Waals surface area contributed by atoms with Gasteiger partial charge in [-0.2, -0.15) is 0 Å². The molecule has 0 fully saturated rings. The molecule has 0 radical (unpaired) electrons. The molecule has 1 atom stereocenters. The third-order valence-electron chi connectivity index (χ3n) is 2.14. The number of carbonyl (C=O) groups is 1. The third-order valence-corrected chi connectivity index (χ3v) is 3.01. The minimum Gasteiger partial charge on any atom is -0.378 e. The second-order valence-corrected chi connectivity index (χ2v) is 4.41. The molecule has 0 aliphatic carbocycles. The lowest BCUT2D eigenvalue weighted by molar-refractivity contribution is -0.123. The zero-order chi connectivity index (χ0) is 10.1. The smallest absolute Gasteiger partial charge is 0.257 e. The van der Waals surface area contributed by atoms with Gasteiger partial charge in [-0.15, -0.1) is 11.8 Å². The maximum Gasteiger partial charge on any atom is 0.257 e. The summed E-state index contributed by atoms with van der Waals surface area (Å²) in [6.07, 6.45) is -0.995. The maximum atomic E-state index is 11.1. The van der Waals surface area contributed by atoms with E-state index in [2.05, 4.69) is 12.2 Å². The summed E-state index contributed by atoms with van der Waals surface area (Å²) in [6, 6.07) is 5.63. The Morgan fingerprint density at radius 3 is 3.07 bits per heavy atom. The van der Waals surface area contributed by atoms with Gasteiger partial charge in [0.25, 0.3) is 5.91 Å². The van der Waals surface area contributed by atoms with Crippen molar-refractivity contribution in [3.05, 3.63) is 23.8 Å². The standard InChI is InChI=1S/C10H11NO2S/c1-2-14-6-3-4-7-8(5-6)11-10(13)9(7)12/h3-5,9,12H,2H2,1H3,(H,11,13). The second kappa shape index (κ2) is 3.63. The Hall–Kier alpha value is -1.00. The minimum absolute atomic E-state index is 0.335. The van der Waals surface area contributed by atoms with E-state index in [-0.39, 0.29) is 5.91 Å². The van der Waals surface area contributed by atoms with Gasteiger partial charge in [-0.05, 0) is 17.9 Å². The van der Waals surface area contributed by atoms with Gasteiger partial charge in [-0.1, -0.05) is 13.0 Å². The van der Waals surface area contributed by atoms with E-state index in [4.69, 9.17) is 0 Å². The molecule has 1 aromatic rings. The predicted molar refractivity (Wildman–Crippen MR) is 56.4 cm³/mol. The van der Waals surface area contributed by atoms with Crippen LogP contribution in [0.2, 0.25) is 0 Å². The Kier molecular flexibility index (Phi) is 2.48. The molecule has 0 aromatic heterocycles. The average Bonchev–Trinajstić information content (AvgIpc) is 2.43. The normalized spacial score (nSPS) is 19.3. The molecule has 4 heteroatoms. The molecule has 2 N–H and O–H groups in total. The van der Waals surface area contributed by atoms with Crippen LogP contribution in [0.4, 0.5) is 5.69 Å². The number of carbonyl (C=O) groups excluding carboxylic acids is 1. The predicted octanol–water partition coefficient (Wildman–Crippen LogP) is 1.78. The quantitative estimate of drug-likeness (QED) is 0.730. The highest BCUT2D eigenvalue weighted by molar-refractivity contribution is 7.99. The number of aliphatic hydroxyl groups excluding tert-OH is 1. The summed E-state index contributed by atoms with van der Waals surface area (Å²) in [5.74, 6) is 0.661. The van der Waals surface area contributed by atoms with Gasteiger partial charge in [0.2, 0.25) is 0 Å². The lowest BCUT2D eigenvalue weighted by atomic mass is 10.1. The van der Waals surface area contributed by atoms with Crippen LogP contribution in [0.25, 0.3) is 0 Å². The van der Waals surface area contributed by atoms with Crippen molar-refractivity contribution in [3.63, 3.8) is 0 Å². The molecular weight excluding hydrogens is 198 g/mol. The largest absolute Gasteiger partial charge is 0.378 e. The van der Waals surface area contributed by atoms with Gasteiger partial charge in [-0.25, -0.2) is 0 Å². The molecule has 1 aliphatic heterocycles. The zero-order valence-corrected chi connectivity index (χ0v) is 8.60. The van der Waals surface area contributed by atoms with Crippen molar-refractivity contribution in [2.45, 2.75) is 17.9 Å². The molecule has 1 aliphatic rings. The van der Waals surface area contributed by atoms with Crippen LogP contribution in [0.3, 0.4) is 0 Å². The fourth-order valence-corrected chi connectivity index (χ4v) is 2.18. The Morgan fingerprint density at radius 1 is 1.57 bits per heavy atom. The van der Waals surface area contributed by atoms with E-state index < -0.39 is 6.10 Å². The molecule has 1 aromatic carbocycles. The monoisotopic (exact) mass is 209 g/mol. The van der Waals surface area contributed by atoms with Crippen molar-refractivity contribution in [1.29, 1.82) is 0 Å². The summed E-state index contributed by atoms with van der Waals surface area (Å²) in [4.78, 5) is 12.2. The minimum atomic E-state index is -0.995. The first kappa shape index (κ1) is 9.55. The molecular formula is C10H11NO2S. The van der Waals surface area contributed by atoms with Gasteiger partial charge < -0.3 is 10.4 Å². The van der Waals surface area contributed by atoms with E-state index in [9.17, 15) is 9.90 Å². The van der Waals surface area contributed by atoms with Gasteiger partial charge in [0.05, 0.1) is 0 Å². The lowest BCUT2D eigenvalue weighted by Crippen LogP contribution is -2.10. The van der Waals surface area contributed by atoms with Gasteiger partial charge in [-0.3, -0.25) is 4.79 Å². The third kappa shape index (κ3) is 1.51. The lowest BCUT2D eigenvalue weighted by Gasteiger charge is -2.02. The summed E-state index contributed by atoms with van der Waals surface area (Å²) < 4.78 is 0. The Balaban J connectivity index is 2.34. The molecule has 0 saturated carbocycles. The molecule has 1 unspecified atom stereocenters. The SMILES string of the molecule is CCSc1ccc2c(c1)NC(=O)C2O.